The second kappa shape index (κ2) is 6.22. The molecule has 1 saturated heterocycles. The summed E-state index contributed by atoms with van der Waals surface area (Å²) in [6.45, 7) is 2.23. The van der Waals surface area contributed by atoms with Gasteiger partial charge in [-0.25, -0.2) is 0 Å². The minimum Gasteiger partial charge on any atom is -0.497 e. The Bertz CT molecular complexity index is 405. The Hall–Kier alpha value is -0.800. The third kappa shape index (κ3) is 3.58. The molecule has 1 aromatic carbocycles. The lowest BCUT2D eigenvalue weighted by atomic mass is 10.0. The molecule has 1 aliphatic rings. The first kappa shape index (κ1) is 12.7. The molecule has 1 aromatic rings. The lowest BCUT2D eigenvalue weighted by Gasteiger charge is -2.06. The molecule has 3 heteroatoms. The van der Waals surface area contributed by atoms with Crippen molar-refractivity contribution in [2.24, 2.45) is 0 Å². The van der Waals surface area contributed by atoms with Crippen LogP contribution < -0.4 is 10.1 Å². The van der Waals surface area contributed by atoms with Gasteiger partial charge >= 0.3 is 0 Å². The number of halogens is 1. The van der Waals surface area contributed by atoms with E-state index in [-0.39, 0.29) is 0 Å². The van der Waals surface area contributed by atoms with Crippen molar-refractivity contribution in [3.63, 3.8) is 0 Å². The molecule has 0 aliphatic carbocycles. The highest BCUT2D eigenvalue weighted by molar-refractivity contribution is 9.10. The molecule has 0 atom stereocenters. The molecule has 0 saturated carbocycles. The molecule has 17 heavy (non-hydrogen) atoms. The third-order valence-corrected chi connectivity index (χ3v) is 3.76. The first-order chi connectivity index (χ1) is 8.29. The Morgan fingerprint density at radius 3 is 3.00 bits per heavy atom. The van der Waals surface area contributed by atoms with Gasteiger partial charge in [0.2, 0.25) is 0 Å². The van der Waals surface area contributed by atoms with Crippen molar-refractivity contribution in [3.05, 3.63) is 33.8 Å². The van der Waals surface area contributed by atoms with E-state index in [0.29, 0.717) is 0 Å². The molecular formula is C14H18BrNO. The number of hydrogen-bond acceptors (Lipinski definition) is 2. The monoisotopic (exact) mass is 295 g/mol. The summed E-state index contributed by atoms with van der Waals surface area (Å²) < 4.78 is 6.39. The first-order valence-electron chi connectivity index (χ1n) is 6.03. The number of rotatable bonds is 2. The summed E-state index contributed by atoms with van der Waals surface area (Å²) in [5.41, 5.74) is 2.73. The molecule has 1 N–H and O–H groups in total. The topological polar surface area (TPSA) is 21.3 Å². The van der Waals surface area contributed by atoms with Crippen molar-refractivity contribution in [2.45, 2.75) is 19.3 Å². The van der Waals surface area contributed by atoms with Gasteiger partial charge < -0.3 is 10.1 Å². The largest absolute Gasteiger partial charge is 0.497 e. The number of benzene rings is 1. The molecule has 1 heterocycles. The normalized spacial score (nSPS) is 19.1. The van der Waals surface area contributed by atoms with Gasteiger partial charge in [-0.3, -0.25) is 0 Å². The van der Waals surface area contributed by atoms with E-state index in [1.807, 2.05) is 12.1 Å². The zero-order chi connectivity index (χ0) is 12.1. The maximum absolute atomic E-state index is 5.26. The van der Waals surface area contributed by atoms with Crippen molar-refractivity contribution >= 4 is 22.0 Å². The van der Waals surface area contributed by atoms with Crippen LogP contribution in [-0.2, 0) is 0 Å². The Labute approximate surface area is 111 Å². The second-order valence-electron chi connectivity index (χ2n) is 4.29. The molecule has 1 fully saturated rings. The van der Waals surface area contributed by atoms with E-state index in [9.17, 15) is 0 Å². The number of ether oxygens (including phenoxy) is 1. The highest BCUT2D eigenvalue weighted by atomic mass is 79.9. The van der Waals surface area contributed by atoms with Crippen LogP contribution in [0.3, 0.4) is 0 Å². The van der Waals surface area contributed by atoms with Gasteiger partial charge in [-0.05, 0) is 56.1 Å². The SMILES string of the molecule is COc1ccc(Br)c(/C=C2/CCCNCC2)c1. The van der Waals surface area contributed by atoms with Crippen LogP contribution in [0.4, 0.5) is 0 Å². The quantitative estimate of drug-likeness (QED) is 0.900. The van der Waals surface area contributed by atoms with Crippen LogP contribution in [0.5, 0.6) is 5.75 Å². The maximum Gasteiger partial charge on any atom is 0.119 e. The predicted octanol–water partition coefficient (Wildman–Crippen LogP) is 3.61. The van der Waals surface area contributed by atoms with Gasteiger partial charge in [-0.15, -0.1) is 0 Å². The number of nitrogens with one attached hydrogen (secondary N) is 1. The van der Waals surface area contributed by atoms with Crippen LogP contribution in [0.1, 0.15) is 24.8 Å². The summed E-state index contributed by atoms with van der Waals surface area (Å²) in [6.07, 6.45) is 5.85. The Balaban J connectivity index is 2.23. The van der Waals surface area contributed by atoms with E-state index < -0.39 is 0 Å². The van der Waals surface area contributed by atoms with Gasteiger partial charge in [-0.1, -0.05) is 27.6 Å². The first-order valence-corrected chi connectivity index (χ1v) is 6.82. The van der Waals surface area contributed by atoms with E-state index in [0.717, 1.165) is 29.7 Å². The van der Waals surface area contributed by atoms with E-state index in [4.69, 9.17) is 4.74 Å². The highest BCUT2D eigenvalue weighted by Gasteiger charge is 2.05. The zero-order valence-electron chi connectivity index (χ0n) is 10.1. The van der Waals surface area contributed by atoms with Gasteiger partial charge in [0.15, 0.2) is 0 Å². The maximum atomic E-state index is 5.26. The summed E-state index contributed by atoms with van der Waals surface area (Å²) in [5.74, 6) is 0.909. The van der Waals surface area contributed by atoms with Crippen molar-refractivity contribution in [2.75, 3.05) is 20.2 Å². The number of hydrogen-bond donors (Lipinski definition) is 1. The third-order valence-electron chi connectivity index (χ3n) is 3.04. The van der Waals surface area contributed by atoms with Crippen LogP contribution in [0.2, 0.25) is 0 Å². The summed E-state index contributed by atoms with van der Waals surface area (Å²) in [6, 6.07) is 6.09. The van der Waals surface area contributed by atoms with Crippen LogP contribution in [0.15, 0.2) is 28.2 Å². The predicted molar refractivity (Wildman–Crippen MR) is 75.4 cm³/mol. The lowest BCUT2D eigenvalue weighted by Crippen LogP contribution is -2.13. The molecule has 0 radical (unpaired) electrons. The molecule has 0 aromatic heterocycles. The fraction of sp³-hybridized carbons (Fsp3) is 0.429. The summed E-state index contributed by atoms with van der Waals surface area (Å²) in [4.78, 5) is 0. The Morgan fingerprint density at radius 2 is 2.18 bits per heavy atom. The van der Waals surface area contributed by atoms with Gasteiger partial charge in [-0.2, -0.15) is 0 Å². The fourth-order valence-electron chi connectivity index (χ4n) is 2.06. The molecule has 2 nitrogen and oxygen atoms in total. The lowest BCUT2D eigenvalue weighted by molar-refractivity contribution is 0.414. The second-order valence-corrected chi connectivity index (χ2v) is 5.15. The van der Waals surface area contributed by atoms with Crippen molar-refractivity contribution < 1.29 is 4.74 Å². The van der Waals surface area contributed by atoms with Crippen molar-refractivity contribution in [1.29, 1.82) is 0 Å². The van der Waals surface area contributed by atoms with Gasteiger partial charge in [0.25, 0.3) is 0 Å². The molecule has 0 spiro atoms. The van der Waals surface area contributed by atoms with Crippen molar-refractivity contribution in [1.82, 2.24) is 5.32 Å². The van der Waals surface area contributed by atoms with E-state index >= 15 is 0 Å². The minimum atomic E-state index is 0.909. The average Bonchev–Trinajstić information content (AvgIpc) is 2.60. The Morgan fingerprint density at radius 1 is 1.29 bits per heavy atom. The van der Waals surface area contributed by atoms with Crippen LogP contribution >= 0.6 is 15.9 Å². The van der Waals surface area contributed by atoms with E-state index in [1.165, 1.54) is 24.0 Å². The Kier molecular flexibility index (Phi) is 4.63. The standard InChI is InChI=1S/C14H18BrNO/c1-17-13-4-5-14(15)12(10-13)9-11-3-2-7-16-8-6-11/h4-5,9-10,16H,2-3,6-8H2,1H3/b11-9-. The molecular weight excluding hydrogens is 278 g/mol. The van der Waals surface area contributed by atoms with Gasteiger partial charge in [0, 0.05) is 4.47 Å². The molecule has 0 amide bonds. The van der Waals surface area contributed by atoms with Crippen molar-refractivity contribution in [3.8, 4) is 5.75 Å². The molecule has 2 rings (SSSR count). The average molecular weight is 296 g/mol. The summed E-state index contributed by atoms with van der Waals surface area (Å²) in [7, 11) is 1.70. The zero-order valence-corrected chi connectivity index (χ0v) is 11.7. The van der Waals surface area contributed by atoms with E-state index in [2.05, 4.69) is 33.4 Å². The van der Waals surface area contributed by atoms with Crippen LogP contribution in [-0.4, -0.2) is 20.2 Å². The smallest absolute Gasteiger partial charge is 0.119 e. The summed E-state index contributed by atoms with van der Waals surface area (Å²) >= 11 is 3.59. The molecule has 92 valence electrons. The number of methoxy groups -OCH3 is 1. The van der Waals surface area contributed by atoms with Crippen LogP contribution in [0.25, 0.3) is 6.08 Å². The van der Waals surface area contributed by atoms with E-state index in [1.54, 1.807) is 7.11 Å². The van der Waals surface area contributed by atoms with Gasteiger partial charge in [0.05, 0.1) is 7.11 Å². The van der Waals surface area contributed by atoms with Gasteiger partial charge in [0.1, 0.15) is 5.75 Å². The fourth-order valence-corrected chi connectivity index (χ4v) is 2.42. The molecule has 0 unspecified atom stereocenters. The minimum absolute atomic E-state index is 0.909. The summed E-state index contributed by atoms with van der Waals surface area (Å²) in [5, 5.41) is 3.42. The highest BCUT2D eigenvalue weighted by Crippen LogP contribution is 2.26. The molecule has 0 bridgehead atoms. The molecule has 1 aliphatic heterocycles. The van der Waals surface area contributed by atoms with Crippen LogP contribution in [0, 0.1) is 0 Å².